The van der Waals surface area contributed by atoms with E-state index < -0.39 is 27.9 Å². The summed E-state index contributed by atoms with van der Waals surface area (Å²) < 4.78 is 27.4. The van der Waals surface area contributed by atoms with Gasteiger partial charge in [-0.1, -0.05) is 35.6 Å². The van der Waals surface area contributed by atoms with Crippen molar-refractivity contribution in [1.29, 1.82) is 0 Å². The first-order valence-electron chi connectivity index (χ1n) is 12.6. The number of carbonyl (C=O) groups excluding carboxylic acids is 1. The Morgan fingerprint density at radius 2 is 1.85 bits per heavy atom. The average molecular weight is 590 g/mol. The maximum Gasteiger partial charge on any atom is 0.322 e. The van der Waals surface area contributed by atoms with Crippen molar-refractivity contribution >= 4 is 44.4 Å². The minimum atomic E-state index is -4.04. The molecule has 4 N–H and O–H groups in total. The highest BCUT2D eigenvalue weighted by atomic mass is 35.5. The molecule has 3 heterocycles. The second kappa shape index (κ2) is 11.6. The van der Waals surface area contributed by atoms with Crippen LogP contribution < -0.4 is 11.3 Å². The fourth-order valence-electron chi connectivity index (χ4n) is 4.68. The van der Waals surface area contributed by atoms with Crippen LogP contribution >= 0.6 is 11.6 Å². The third kappa shape index (κ3) is 5.77. The highest BCUT2D eigenvalue weighted by molar-refractivity contribution is 7.89. The number of halogens is 1. The number of aliphatic carboxylic acids is 1. The highest BCUT2D eigenvalue weighted by Crippen LogP contribution is 2.29. The molecule has 0 radical (unpaired) electrons. The minimum Gasteiger partial charge on any atom is -0.480 e. The van der Waals surface area contributed by atoms with Gasteiger partial charge in [-0.2, -0.15) is 4.31 Å². The van der Waals surface area contributed by atoms with E-state index in [1.807, 2.05) is 12.1 Å². The number of hydrogen-bond donors (Lipinski definition) is 3. The Bertz CT molecular complexity index is 1830. The first kappa shape index (κ1) is 28.2. The molecule has 1 atom stereocenters. The molecule has 0 saturated carbocycles. The Morgan fingerprint density at radius 3 is 2.56 bits per heavy atom. The van der Waals surface area contributed by atoms with Crippen molar-refractivity contribution < 1.29 is 23.1 Å². The number of carboxylic acids is 1. The van der Waals surface area contributed by atoms with Gasteiger partial charge in [0.1, 0.15) is 6.04 Å². The van der Waals surface area contributed by atoms with E-state index in [9.17, 15) is 23.1 Å². The van der Waals surface area contributed by atoms with Gasteiger partial charge in [-0.3, -0.25) is 20.0 Å². The van der Waals surface area contributed by atoms with E-state index in [0.717, 1.165) is 9.87 Å². The number of pyridine rings is 2. The quantitative estimate of drug-likeness (QED) is 0.138. The van der Waals surface area contributed by atoms with Gasteiger partial charge in [0.25, 0.3) is 5.91 Å². The number of sulfonamides is 1. The van der Waals surface area contributed by atoms with Crippen LogP contribution in [0.15, 0.2) is 71.9 Å². The second-order valence-corrected chi connectivity index (χ2v) is 11.7. The number of nitrogens with zero attached hydrogens (tertiary/aromatic N) is 3. The zero-order valence-electron chi connectivity index (χ0n) is 21.5. The molecule has 2 aromatic carbocycles. The number of piperidine rings is 1. The summed E-state index contributed by atoms with van der Waals surface area (Å²) in [7, 11) is -4.04. The number of fused-ring (bicyclic) bond motifs is 1. The van der Waals surface area contributed by atoms with Crippen LogP contribution in [0.4, 0.5) is 0 Å². The van der Waals surface area contributed by atoms with E-state index in [1.165, 1.54) is 18.2 Å². The normalized spacial score (nSPS) is 15.6. The number of nitrogen functional groups attached to an aromatic ring is 1. The third-order valence-corrected chi connectivity index (χ3v) is 9.01. The largest absolute Gasteiger partial charge is 0.480 e. The maximum atomic E-state index is 13.2. The van der Waals surface area contributed by atoms with Gasteiger partial charge in [-0.25, -0.2) is 19.2 Å². The molecule has 0 aliphatic carbocycles. The SMILES string of the molecule is NNC(=O)c1cc(-c2ccc(C#Cc3ccc(S(=O)(=O)N4CCCC[C@@H]4C(=O)O)cc3Cl)cc2)nc2ccncc12. The summed E-state index contributed by atoms with van der Waals surface area (Å²) in [5.74, 6) is 9.70. The predicted molar refractivity (Wildman–Crippen MR) is 153 cm³/mol. The van der Waals surface area contributed by atoms with Crippen molar-refractivity contribution in [3.8, 4) is 23.1 Å². The summed E-state index contributed by atoms with van der Waals surface area (Å²) in [6.07, 6.45) is 4.67. The summed E-state index contributed by atoms with van der Waals surface area (Å²) in [5, 5.41) is 10.2. The lowest BCUT2D eigenvalue weighted by atomic mass is 10.0. The summed E-state index contributed by atoms with van der Waals surface area (Å²) >= 11 is 6.39. The van der Waals surface area contributed by atoms with Gasteiger partial charge in [-0.15, -0.1) is 0 Å². The molecule has 2 aromatic heterocycles. The van der Waals surface area contributed by atoms with Gasteiger partial charge < -0.3 is 5.11 Å². The standard InChI is InChI=1S/C29H24ClN5O5S/c30-24-15-21(41(39,40)35-14-2-1-3-27(35)29(37)38)11-10-19(24)7-4-18-5-8-20(9-6-18)26-16-22(28(36)34-31)23-17-32-13-12-25(23)33-26/h5-6,8-13,15-17,27H,1-3,14,31H2,(H,34,36)(H,37,38)/t27-/m1/s1. The molecular formula is C29H24ClN5O5S. The molecule has 1 saturated heterocycles. The Kier molecular flexibility index (Phi) is 8.01. The van der Waals surface area contributed by atoms with Crippen molar-refractivity contribution in [1.82, 2.24) is 19.7 Å². The van der Waals surface area contributed by atoms with E-state index in [2.05, 4.69) is 27.2 Å². The van der Waals surface area contributed by atoms with Gasteiger partial charge in [0.2, 0.25) is 10.0 Å². The second-order valence-electron chi connectivity index (χ2n) is 9.36. The minimum absolute atomic E-state index is 0.0769. The van der Waals surface area contributed by atoms with Gasteiger partial charge in [0.05, 0.1) is 26.7 Å². The topological polar surface area (TPSA) is 156 Å². The van der Waals surface area contributed by atoms with E-state index >= 15 is 0 Å². The highest BCUT2D eigenvalue weighted by Gasteiger charge is 2.37. The van der Waals surface area contributed by atoms with Gasteiger partial charge >= 0.3 is 5.97 Å². The number of hydrazine groups is 1. The average Bonchev–Trinajstić information content (AvgIpc) is 2.99. The number of nitrogens with two attached hydrogens (primary N) is 1. The molecule has 1 fully saturated rings. The molecule has 0 bridgehead atoms. The van der Waals surface area contributed by atoms with E-state index in [0.29, 0.717) is 46.1 Å². The zero-order valence-corrected chi connectivity index (χ0v) is 23.1. The lowest BCUT2D eigenvalue weighted by molar-refractivity contribution is -0.142. The number of carboxylic acid groups (broad SMARTS) is 1. The van der Waals surface area contributed by atoms with Crippen LogP contribution in [-0.4, -0.2) is 52.3 Å². The molecule has 10 nitrogen and oxygen atoms in total. The first-order valence-corrected chi connectivity index (χ1v) is 14.4. The van der Waals surface area contributed by atoms with Crippen molar-refractivity contribution in [2.75, 3.05) is 6.54 Å². The number of aromatic nitrogens is 2. The molecule has 208 valence electrons. The van der Waals surface area contributed by atoms with Crippen LogP contribution in [0.2, 0.25) is 5.02 Å². The number of benzene rings is 2. The number of rotatable bonds is 5. The van der Waals surface area contributed by atoms with Crippen molar-refractivity contribution in [3.05, 3.63) is 88.7 Å². The molecule has 4 aromatic rings. The van der Waals surface area contributed by atoms with Crippen LogP contribution in [-0.2, 0) is 14.8 Å². The fourth-order valence-corrected chi connectivity index (χ4v) is 6.65. The number of nitrogens with one attached hydrogen (secondary N) is 1. The van der Waals surface area contributed by atoms with Gasteiger partial charge in [-0.05, 0) is 61.7 Å². The lowest BCUT2D eigenvalue weighted by Gasteiger charge is -2.31. The molecular weight excluding hydrogens is 566 g/mol. The van der Waals surface area contributed by atoms with Crippen LogP contribution in [0.3, 0.4) is 0 Å². The van der Waals surface area contributed by atoms with Crippen LogP contribution in [0.25, 0.3) is 22.2 Å². The molecule has 0 spiro atoms. The predicted octanol–water partition coefficient (Wildman–Crippen LogP) is 3.58. The molecule has 1 aliphatic rings. The third-order valence-electron chi connectivity index (χ3n) is 6.79. The summed E-state index contributed by atoms with van der Waals surface area (Å²) in [5.41, 5.74) is 5.51. The van der Waals surface area contributed by atoms with E-state index in [-0.39, 0.29) is 22.9 Å². The Balaban J connectivity index is 1.39. The van der Waals surface area contributed by atoms with Gasteiger partial charge in [0.15, 0.2) is 0 Å². The molecule has 1 amide bonds. The van der Waals surface area contributed by atoms with Crippen LogP contribution in [0, 0.1) is 11.8 Å². The number of hydrogen-bond acceptors (Lipinski definition) is 7. The van der Waals surface area contributed by atoms with E-state index in [4.69, 9.17) is 17.4 Å². The Hall–Kier alpha value is -4.34. The molecule has 12 heteroatoms. The number of amides is 1. The van der Waals surface area contributed by atoms with Crippen molar-refractivity contribution in [2.24, 2.45) is 5.84 Å². The van der Waals surface area contributed by atoms with E-state index in [1.54, 1.807) is 36.7 Å². The summed E-state index contributed by atoms with van der Waals surface area (Å²) in [6.45, 7) is 0.141. The molecule has 5 rings (SSSR count). The Morgan fingerprint density at radius 1 is 1.07 bits per heavy atom. The fraction of sp³-hybridized carbons (Fsp3) is 0.172. The zero-order chi connectivity index (χ0) is 29.1. The van der Waals surface area contributed by atoms with Crippen molar-refractivity contribution in [2.45, 2.75) is 30.2 Å². The lowest BCUT2D eigenvalue weighted by Crippen LogP contribution is -2.47. The molecule has 1 aliphatic heterocycles. The molecule has 41 heavy (non-hydrogen) atoms. The maximum absolute atomic E-state index is 13.2. The smallest absolute Gasteiger partial charge is 0.322 e. The van der Waals surface area contributed by atoms with Crippen LogP contribution in [0.5, 0.6) is 0 Å². The Labute approximate surface area is 241 Å². The van der Waals surface area contributed by atoms with Crippen molar-refractivity contribution in [3.63, 3.8) is 0 Å². The number of carbonyl (C=O) groups is 2. The summed E-state index contributed by atoms with van der Waals surface area (Å²) in [6, 6.07) is 13.7. The van der Waals surface area contributed by atoms with Gasteiger partial charge in [0, 0.05) is 41.0 Å². The molecule has 0 unspecified atom stereocenters. The monoisotopic (exact) mass is 589 g/mol. The van der Waals surface area contributed by atoms with Crippen LogP contribution in [0.1, 0.15) is 40.7 Å². The summed E-state index contributed by atoms with van der Waals surface area (Å²) in [4.78, 5) is 32.6. The first-order chi connectivity index (χ1) is 19.7.